The predicted octanol–water partition coefficient (Wildman–Crippen LogP) is 3.00. The van der Waals surface area contributed by atoms with Crippen molar-refractivity contribution in [3.8, 4) is 0 Å². The SMILES string of the molecule is CC(=O)C1(c2ccc(Br)cc2)CCN(C)CC1. The molecule has 1 fully saturated rings. The molecule has 0 amide bonds. The van der Waals surface area contributed by atoms with Crippen molar-refractivity contribution in [2.75, 3.05) is 20.1 Å². The Morgan fingerprint density at radius 3 is 2.24 bits per heavy atom. The average Bonchev–Trinajstić information content (AvgIpc) is 2.31. The highest BCUT2D eigenvalue weighted by Crippen LogP contribution is 2.36. The van der Waals surface area contributed by atoms with Crippen LogP contribution in [0, 0.1) is 0 Å². The van der Waals surface area contributed by atoms with Gasteiger partial charge in [0.25, 0.3) is 0 Å². The van der Waals surface area contributed by atoms with E-state index in [1.807, 2.05) is 12.1 Å². The van der Waals surface area contributed by atoms with Gasteiger partial charge >= 0.3 is 0 Å². The van der Waals surface area contributed by atoms with E-state index < -0.39 is 0 Å². The molecule has 3 heteroatoms. The molecule has 0 atom stereocenters. The predicted molar refractivity (Wildman–Crippen MR) is 73.2 cm³/mol. The Hall–Kier alpha value is -0.670. The van der Waals surface area contributed by atoms with Crippen LogP contribution in [0.2, 0.25) is 0 Å². The van der Waals surface area contributed by atoms with Gasteiger partial charge in [-0.1, -0.05) is 28.1 Å². The normalized spacial score (nSPS) is 20.2. The first kappa shape index (κ1) is 12.8. The Labute approximate surface area is 111 Å². The maximum absolute atomic E-state index is 12.1. The molecule has 0 unspecified atom stereocenters. The number of piperidine rings is 1. The zero-order valence-electron chi connectivity index (χ0n) is 10.4. The third kappa shape index (κ3) is 2.45. The van der Waals surface area contributed by atoms with Gasteiger partial charge in [-0.3, -0.25) is 4.79 Å². The van der Waals surface area contributed by atoms with Crippen molar-refractivity contribution in [1.29, 1.82) is 0 Å². The summed E-state index contributed by atoms with van der Waals surface area (Å²) in [6.45, 7) is 3.72. The number of halogens is 1. The summed E-state index contributed by atoms with van der Waals surface area (Å²) in [5.41, 5.74) is 0.911. The van der Waals surface area contributed by atoms with Gasteiger partial charge in [-0.05, 0) is 57.6 Å². The zero-order chi connectivity index (χ0) is 12.5. The highest BCUT2D eigenvalue weighted by atomic mass is 79.9. The molecule has 2 rings (SSSR count). The number of rotatable bonds is 2. The van der Waals surface area contributed by atoms with Crippen LogP contribution in [-0.2, 0) is 10.2 Å². The summed E-state index contributed by atoms with van der Waals surface area (Å²) >= 11 is 3.44. The monoisotopic (exact) mass is 295 g/mol. The zero-order valence-corrected chi connectivity index (χ0v) is 12.0. The van der Waals surface area contributed by atoms with E-state index in [2.05, 4.69) is 40.0 Å². The van der Waals surface area contributed by atoms with Gasteiger partial charge in [0.05, 0.1) is 5.41 Å². The topological polar surface area (TPSA) is 20.3 Å². The lowest BCUT2D eigenvalue weighted by molar-refractivity contribution is -0.124. The Morgan fingerprint density at radius 2 is 1.76 bits per heavy atom. The minimum Gasteiger partial charge on any atom is -0.306 e. The average molecular weight is 296 g/mol. The molecule has 1 heterocycles. The molecule has 1 aromatic carbocycles. The summed E-state index contributed by atoms with van der Waals surface area (Å²) in [5, 5.41) is 0. The Kier molecular flexibility index (Phi) is 3.69. The van der Waals surface area contributed by atoms with Gasteiger partial charge in [0.1, 0.15) is 5.78 Å². The van der Waals surface area contributed by atoms with Crippen LogP contribution < -0.4 is 0 Å². The molecule has 2 nitrogen and oxygen atoms in total. The van der Waals surface area contributed by atoms with E-state index in [9.17, 15) is 4.79 Å². The minimum absolute atomic E-state index is 0.257. The Balaban J connectivity index is 2.35. The molecule has 1 aliphatic heterocycles. The van der Waals surface area contributed by atoms with Crippen molar-refractivity contribution >= 4 is 21.7 Å². The molecule has 0 aromatic heterocycles. The molecular formula is C14H18BrNO. The van der Waals surface area contributed by atoms with Crippen LogP contribution in [0.25, 0.3) is 0 Å². The van der Waals surface area contributed by atoms with Crippen LogP contribution in [0.5, 0.6) is 0 Å². The molecule has 0 spiro atoms. The van der Waals surface area contributed by atoms with E-state index in [4.69, 9.17) is 0 Å². The van der Waals surface area contributed by atoms with Crippen molar-refractivity contribution in [2.24, 2.45) is 0 Å². The molecule has 0 radical (unpaired) electrons. The van der Waals surface area contributed by atoms with Gasteiger partial charge in [-0.2, -0.15) is 0 Å². The van der Waals surface area contributed by atoms with Crippen molar-refractivity contribution in [3.63, 3.8) is 0 Å². The fourth-order valence-electron chi connectivity index (χ4n) is 2.61. The van der Waals surface area contributed by atoms with Gasteiger partial charge in [0.15, 0.2) is 0 Å². The van der Waals surface area contributed by atoms with Gasteiger partial charge in [-0.25, -0.2) is 0 Å². The van der Waals surface area contributed by atoms with E-state index in [0.717, 1.165) is 30.4 Å². The van der Waals surface area contributed by atoms with Crippen molar-refractivity contribution in [2.45, 2.75) is 25.2 Å². The van der Waals surface area contributed by atoms with E-state index >= 15 is 0 Å². The lowest BCUT2D eigenvalue weighted by atomic mass is 9.70. The molecule has 0 aliphatic carbocycles. The fraction of sp³-hybridized carbons (Fsp3) is 0.500. The number of ketones is 1. The van der Waals surface area contributed by atoms with E-state index in [-0.39, 0.29) is 5.41 Å². The van der Waals surface area contributed by atoms with E-state index in [0.29, 0.717) is 5.78 Å². The minimum atomic E-state index is -0.257. The molecule has 1 aromatic rings. The second kappa shape index (κ2) is 4.91. The van der Waals surface area contributed by atoms with E-state index in [1.165, 1.54) is 5.56 Å². The van der Waals surface area contributed by atoms with Crippen LogP contribution in [0.15, 0.2) is 28.7 Å². The van der Waals surface area contributed by atoms with Crippen molar-refractivity contribution in [3.05, 3.63) is 34.3 Å². The van der Waals surface area contributed by atoms with Gasteiger partial charge in [-0.15, -0.1) is 0 Å². The molecule has 0 saturated carbocycles. The van der Waals surface area contributed by atoms with Crippen molar-refractivity contribution < 1.29 is 4.79 Å². The maximum Gasteiger partial charge on any atom is 0.140 e. The highest BCUT2D eigenvalue weighted by molar-refractivity contribution is 9.10. The first-order valence-corrected chi connectivity index (χ1v) is 6.79. The Bertz CT molecular complexity index is 405. The first-order valence-electron chi connectivity index (χ1n) is 6.00. The van der Waals surface area contributed by atoms with E-state index in [1.54, 1.807) is 6.92 Å². The third-order valence-electron chi connectivity index (χ3n) is 3.91. The maximum atomic E-state index is 12.1. The number of carbonyl (C=O) groups excluding carboxylic acids is 1. The van der Waals surface area contributed by atoms with Gasteiger partial charge in [0.2, 0.25) is 0 Å². The van der Waals surface area contributed by atoms with Crippen LogP contribution in [0.3, 0.4) is 0 Å². The number of hydrogen-bond acceptors (Lipinski definition) is 2. The molecule has 92 valence electrons. The Morgan fingerprint density at radius 1 is 1.24 bits per heavy atom. The number of hydrogen-bond donors (Lipinski definition) is 0. The molecule has 1 aliphatic rings. The number of benzene rings is 1. The van der Waals surface area contributed by atoms with Gasteiger partial charge in [0, 0.05) is 4.47 Å². The molecular weight excluding hydrogens is 278 g/mol. The summed E-state index contributed by atoms with van der Waals surface area (Å²) in [7, 11) is 2.12. The number of carbonyl (C=O) groups is 1. The van der Waals surface area contributed by atoms with Gasteiger partial charge < -0.3 is 4.90 Å². The number of likely N-dealkylation sites (tertiary alicyclic amines) is 1. The third-order valence-corrected chi connectivity index (χ3v) is 4.44. The van der Waals surface area contributed by atoms with Crippen LogP contribution in [0.4, 0.5) is 0 Å². The first-order chi connectivity index (χ1) is 8.04. The molecule has 1 saturated heterocycles. The van der Waals surface area contributed by atoms with Crippen molar-refractivity contribution in [1.82, 2.24) is 4.90 Å². The summed E-state index contributed by atoms with van der Waals surface area (Å²) in [6.07, 6.45) is 1.86. The summed E-state index contributed by atoms with van der Waals surface area (Å²) in [6, 6.07) is 8.21. The second-order valence-electron chi connectivity index (χ2n) is 4.95. The summed E-state index contributed by atoms with van der Waals surface area (Å²) in [5.74, 6) is 0.299. The van der Waals surface area contributed by atoms with Crippen LogP contribution in [-0.4, -0.2) is 30.8 Å². The number of Topliss-reactive ketones (excluding diaryl/α,β-unsaturated/α-hetero) is 1. The van der Waals surface area contributed by atoms with Crippen LogP contribution >= 0.6 is 15.9 Å². The summed E-state index contributed by atoms with van der Waals surface area (Å²) in [4.78, 5) is 14.4. The lowest BCUT2D eigenvalue weighted by Gasteiger charge is -2.39. The molecule has 17 heavy (non-hydrogen) atoms. The number of nitrogens with zero attached hydrogens (tertiary/aromatic N) is 1. The molecule has 0 bridgehead atoms. The second-order valence-corrected chi connectivity index (χ2v) is 5.86. The summed E-state index contributed by atoms with van der Waals surface area (Å²) < 4.78 is 1.06. The highest BCUT2D eigenvalue weighted by Gasteiger charge is 2.39. The largest absolute Gasteiger partial charge is 0.306 e. The fourth-order valence-corrected chi connectivity index (χ4v) is 2.88. The standard InChI is InChI=1S/C14H18BrNO/c1-11(17)14(7-9-16(2)10-8-14)12-3-5-13(15)6-4-12/h3-6H,7-10H2,1-2H3. The lowest BCUT2D eigenvalue weighted by Crippen LogP contribution is -2.45. The molecule has 0 N–H and O–H groups in total. The smallest absolute Gasteiger partial charge is 0.140 e. The quantitative estimate of drug-likeness (QED) is 0.836. The van der Waals surface area contributed by atoms with Crippen LogP contribution in [0.1, 0.15) is 25.3 Å².